The highest BCUT2D eigenvalue weighted by molar-refractivity contribution is 7.71. The molecule has 0 saturated carbocycles. The Balaban J connectivity index is 1.68. The number of pyridine rings is 1. The highest BCUT2D eigenvalue weighted by atomic mass is 32.1. The van der Waals surface area contributed by atoms with Gasteiger partial charge >= 0.3 is 0 Å². The lowest BCUT2D eigenvalue weighted by atomic mass is 10.1. The van der Waals surface area contributed by atoms with Crippen molar-refractivity contribution in [1.82, 2.24) is 24.2 Å². The second-order valence-electron chi connectivity index (χ2n) is 7.70. The molecular formula is C23H29N5S. The van der Waals surface area contributed by atoms with Crippen LogP contribution in [0.5, 0.6) is 0 Å². The summed E-state index contributed by atoms with van der Waals surface area (Å²) in [7, 11) is 0. The fourth-order valence-corrected chi connectivity index (χ4v) is 4.65. The Labute approximate surface area is 178 Å². The first-order valence-corrected chi connectivity index (χ1v) is 11.0. The third-order valence-corrected chi connectivity index (χ3v) is 6.11. The molecule has 0 aliphatic heterocycles. The van der Waals surface area contributed by atoms with Gasteiger partial charge in [0.1, 0.15) is 0 Å². The Hall–Kier alpha value is -2.31. The highest BCUT2D eigenvalue weighted by Crippen LogP contribution is 2.36. The van der Waals surface area contributed by atoms with Gasteiger partial charge in [-0.05, 0) is 61.2 Å². The molecule has 0 amide bonds. The summed E-state index contributed by atoms with van der Waals surface area (Å²) in [4.78, 5) is 6.69. The summed E-state index contributed by atoms with van der Waals surface area (Å²) < 4.78 is 4.97. The van der Waals surface area contributed by atoms with Gasteiger partial charge in [-0.1, -0.05) is 38.1 Å². The minimum absolute atomic E-state index is 0.439. The van der Waals surface area contributed by atoms with Crippen LogP contribution < -0.4 is 0 Å². The van der Waals surface area contributed by atoms with Crippen LogP contribution in [-0.4, -0.2) is 30.8 Å². The van der Waals surface area contributed by atoms with Crippen molar-refractivity contribution in [3.8, 4) is 11.4 Å². The molecule has 0 spiro atoms. The molecule has 1 aliphatic rings. The molecule has 1 unspecified atom stereocenters. The van der Waals surface area contributed by atoms with Crippen LogP contribution in [0, 0.1) is 4.77 Å². The molecule has 0 N–H and O–H groups in total. The summed E-state index contributed by atoms with van der Waals surface area (Å²) in [5.41, 5.74) is 4.01. The van der Waals surface area contributed by atoms with E-state index in [-0.39, 0.29) is 0 Å². The maximum atomic E-state index is 5.85. The lowest BCUT2D eigenvalue weighted by molar-refractivity contribution is 0.141. The van der Waals surface area contributed by atoms with Crippen molar-refractivity contribution in [1.29, 1.82) is 0 Å². The van der Waals surface area contributed by atoms with Gasteiger partial charge in [-0.15, -0.1) is 0 Å². The molecule has 0 bridgehead atoms. The largest absolute Gasteiger partial charge is 0.300 e. The van der Waals surface area contributed by atoms with Crippen LogP contribution in [0.3, 0.4) is 0 Å². The van der Waals surface area contributed by atoms with Crippen LogP contribution in [0.4, 0.5) is 0 Å². The summed E-state index contributed by atoms with van der Waals surface area (Å²) in [5, 5.41) is 4.95. The maximum absolute atomic E-state index is 5.85. The van der Waals surface area contributed by atoms with Crippen LogP contribution >= 0.6 is 12.2 Å². The number of fused-ring (bicyclic) bond motifs is 1. The van der Waals surface area contributed by atoms with Crippen molar-refractivity contribution >= 4 is 12.2 Å². The van der Waals surface area contributed by atoms with E-state index < -0.39 is 0 Å². The molecule has 1 atom stereocenters. The summed E-state index contributed by atoms with van der Waals surface area (Å²) in [6, 6.07) is 13.3. The molecule has 2 heterocycles. The van der Waals surface area contributed by atoms with E-state index in [0.717, 1.165) is 55.2 Å². The van der Waals surface area contributed by atoms with Crippen molar-refractivity contribution in [3.63, 3.8) is 0 Å². The number of nitrogens with zero attached hydrogens (tertiary/aromatic N) is 5. The predicted octanol–water partition coefficient (Wildman–Crippen LogP) is 5.24. The molecular weight excluding hydrogens is 378 g/mol. The normalized spacial score (nSPS) is 15.8. The molecule has 152 valence electrons. The summed E-state index contributed by atoms with van der Waals surface area (Å²) in [5.74, 6) is 0.933. The molecule has 5 nitrogen and oxygen atoms in total. The van der Waals surface area contributed by atoms with Gasteiger partial charge in [0.15, 0.2) is 10.6 Å². The summed E-state index contributed by atoms with van der Waals surface area (Å²) >= 11 is 5.85. The zero-order valence-corrected chi connectivity index (χ0v) is 18.1. The second-order valence-corrected chi connectivity index (χ2v) is 8.07. The van der Waals surface area contributed by atoms with Crippen LogP contribution in [0.25, 0.3) is 11.4 Å². The number of hydrogen-bond donors (Lipinski definition) is 0. The van der Waals surface area contributed by atoms with E-state index in [1.807, 2.05) is 29.2 Å². The standard InChI is InChI=1S/C23H29N5S/c1-3-15-26(21-10-9-18-7-5-6-8-20(18)21)17-28-23(29)27(16-4-2)22(25-28)19-11-13-24-14-12-19/h5-8,11-14,21H,3-4,9-10,15-17H2,1-2H3. The highest BCUT2D eigenvalue weighted by Gasteiger charge is 2.28. The van der Waals surface area contributed by atoms with E-state index in [1.54, 1.807) is 0 Å². The van der Waals surface area contributed by atoms with Crippen molar-refractivity contribution in [2.24, 2.45) is 0 Å². The maximum Gasteiger partial charge on any atom is 0.199 e. The van der Waals surface area contributed by atoms with Gasteiger partial charge in [0.2, 0.25) is 0 Å². The van der Waals surface area contributed by atoms with E-state index >= 15 is 0 Å². The third-order valence-electron chi connectivity index (χ3n) is 5.68. The number of rotatable bonds is 8. The molecule has 0 saturated heterocycles. The molecule has 1 aromatic carbocycles. The zero-order chi connectivity index (χ0) is 20.2. The second kappa shape index (κ2) is 9.01. The van der Waals surface area contributed by atoms with E-state index in [0.29, 0.717) is 6.04 Å². The Morgan fingerprint density at radius 2 is 1.90 bits per heavy atom. The van der Waals surface area contributed by atoms with Crippen molar-refractivity contribution in [3.05, 3.63) is 64.7 Å². The van der Waals surface area contributed by atoms with Crippen LogP contribution in [-0.2, 0) is 19.6 Å². The molecule has 0 radical (unpaired) electrons. The van der Waals surface area contributed by atoms with Gasteiger partial charge in [-0.2, -0.15) is 5.10 Å². The average molecular weight is 408 g/mol. The van der Waals surface area contributed by atoms with Crippen molar-refractivity contribution < 1.29 is 0 Å². The Bertz CT molecular complexity index is 1010. The minimum atomic E-state index is 0.439. The number of benzene rings is 1. The fourth-order valence-electron chi connectivity index (χ4n) is 4.37. The van der Waals surface area contributed by atoms with Crippen LogP contribution in [0.1, 0.15) is 50.3 Å². The van der Waals surface area contributed by atoms with E-state index in [2.05, 4.69) is 52.6 Å². The predicted molar refractivity (Wildman–Crippen MR) is 119 cm³/mol. The average Bonchev–Trinajstić information content (AvgIpc) is 3.31. The summed E-state index contributed by atoms with van der Waals surface area (Å²) in [6.45, 7) is 7.04. The third kappa shape index (κ3) is 4.05. The molecule has 4 rings (SSSR count). The van der Waals surface area contributed by atoms with Crippen molar-refractivity contribution in [2.45, 2.75) is 58.8 Å². The van der Waals surface area contributed by atoms with E-state index in [9.17, 15) is 0 Å². The lowest BCUT2D eigenvalue weighted by Gasteiger charge is -2.29. The number of hydrogen-bond acceptors (Lipinski definition) is 4. The first kappa shape index (κ1) is 20.0. The van der Waals surface area contributed by atoms with Gasteiger partial charge in [-0.3, -0.25) is 14.5 Å². The van der Waals surface area contributed by atoms with E-state index in [1.165, 1.54) is 17.5 Å². The number of aryl methyl sites for hydroxylation is 1. The van der Waals surface area contributed by atoms with Gasteiger partial charge in [-0.25, -0.2) is 4.68 Å². The van der Waals surface area contributed by atoms with Crippen molar-refractivity contribution in [2.75, 3.05) is 6.54 Å². The molecule has 29 heavy (non-hydrogen) atoms. The monoisotopic (exact) mass is 407 g/mol. The van der Waals surface area contributed by atoms with Gasteiger partial charge in [0, 0.05) is 37.1 Å². The first-order chi connectivity index (χ1) is 14.2. The first-order valence-electron chi connectivity index (χ1n) is 10.6. The van der Waals surface area contributed by atoms with E-state index in [4.69, 9.17) is 17.3 Å². The quantitative estimate of drug-likeness (QED) is 0.479. The summed E-state index contributed by atoms with van der Waals surface area (Å²) in [6.07, 6.45) is 8.07. The molecule has 6 heteroatoms. The molecule has 2 aromatic heterocycles. The van der Waals surface area contributed by atoms with Gasteiger partial charge < -0.3 is 0 Å². The lowest BCUT2D eigenvalue weighted by Crippen LogP contribution is -2.31. The molecule has 1 aliphatic carbocycles. The smallest absolute Gasteiger partial charge is 0.199 e. The Morgan fingerprint density at radius 3 is 2.66 bits per heavy atom. The zero-order valence-electron chi connectivity index (χ0n) is 17.3. The van der Waals surface area contributed by atoms with Crippen LogP contribution in [0.15, 0.2) is 48.8 Å². The molecule has 3 aromatic rings. The minimum Gasteiger partial charge on any atom is -0.300 e. The van der Waals surface area contributed by atoms with Gasteiger partial charge in [0.25, 0.3) is 0 Å². The number of aromatic nitrogens is 4. The Morgan fingerprint density at radius 1 is 1.10 bits per heavy atom. The van der Waals surface area contributed by atoms with Crippen LogP contribution in [0.2, 0.25) is 0 Å². The topological polar surface area (TPSA) is 38.9 Å². The van der Waals surface area contributed by atoms with Gasteiger partial charge in [0.05, 0.1) is 6.67 Å². The SMILES string of the molecule is CCCN(Cn1nc(-c2ccncc2)n(CCC)c1=S)C1CCc2ccccc21. The Kier molecular flexibility index (Phi) is 6.21. The fraction of sp³-hybridized carbons (Fsp3) is 0.435. The molecule has 0 fully saturated rings.